The van der Waals surface area contributed by atoms with Crippen LogP contribution in [0.15, 0.2) is 29.3 Å². The van der Waals surface area contributed by atoms with Gasteiger partial charge in [-0.25, -0.2) is 4.79 Å². The van der Waals surface area contributed by atoms with Crippen LogP contribution in [0.5, 0.6) is 5.75 Å². The third-order valence-corrected chi connectivity index (χ3v) is 3.12. The number of ether oxygens (including phenoxy) is 1. The molecule has 1 aromatic carbocycles. The lowest BCUT2D eigenvalue weighted by Crippen LogP contribution is -2.20. The lowest BCUT2D eigenvalue weighted by Gasteiger charge is -2.10. The molecule has 0 amide bonds. The maximum Gasteiger partial charge on any atom is 0.332 e. The number of aryl methyl sites for hydroxylation is 1. The second-order valence-corrected chi connectivity index (χ2v) is 4.60. The second kappa shape index (κ2) is 5.43. The summed E-state index contributed by atoms with van der Waals surface area (Å²) in [5.74, 6) is 2.73. The van der Waals surface area contributed by atoms with Gasteiger partial charge in [0.25, 0.3) is 0 Å². The molecule has 0 fully saturated rings. The topological polar surface area (TPSA) is 36.2 Å². The minimum atomic E-state index is -0.216. The highest BCUT2D eigenvalue weighted by molar-refractivity contribution is 6.36. The number of imidazole rings is 1. The molecule has 0 aliphatic heterocycles. The molecule has 0 bridgehead atoms. The summed E-state index contributed by atoms with van der Waals surface area (Å²) < 4.78 is 8.14. The molecule has 6 heteroatoms. The number of hydrogen-bond donors (Lipinski definition) is 0. The number of halogens is 2. The Kier molecular flexibility index (Phi) is 3.89. The van der Waals surface area contributed by atoms with Crippen LogP contribution < -0.4 is 10.4 Å². The number of hydrogen-bond acceptors (Lipinski definition) is 2. The lowest BCUT2D eigenvalue weighted by atomic mass is 10.3. The Morgan fingerprint density at radius 2 is 2.05 bits per heavy atom. The third-order valence-electron chi connectivity index (χ3n) is 2.52. The van der Waals surface area contributed by atoms with E-state index in [1.165, 1.54) is 15.2 Å². The zero-order chi connectivity index (χ0) is 14.0. The molecule has 0 saturated heterocycles. The zero-order valence-electron chi connectivity index (χ0n) is 10.1. The first-order valence-electron chi connectivity index (χ1n) is 5.34. The molecule has 0 aliphatic carbocycles. The molecule has 0 unspecified atom stereocenters. The van der Waals surface area contributed by atoms with E-state index < -0.39 is 0 Å². The van der Waals surface area contributed by atoms with Crippen LogP contribution in [0.25, 0.3) is 5.69 Å². The summed E-state index contributed by atoms with van der Waals surface area (Å²) in [6.07, 6.45) is 8.38. The monoisotopic (exact) mass is 296 g/mol. The van der Waals surface area contributed by atoms with Crippen molar-refractivity contribution in [2.75, 3.05) is 6.61 Å². The van der Waals surface area contributed by atoms with E-state index in [0.717, 1.165) is 0 Å². The van der Waals surface area contributed by atoms with Crippen molar-refractivity contribution in [3.63, 3.8) is 0 Å². The van der Waals surface area contributed by atoms with Gasteiger partial charge in [0.15, 0.2) is 0 Å². The predicted octanol–water partition coefficient (Wildman–Crippen LogP) is 2.49. The van der Waals surface area contributed by atoms with Crippen LogP contribution in [0.3, 0.4) is 0 Å². The van der Waals surface area contributed by atoms with Crippen molar-refractivity contribution in [3.8, 4) is 23.8 Å². The summed E-state index contributed by atoms with van der Waals surface area (Å²) >= 11 is 12.1. The average molecular weight is 297 g/mol. The molecular weight excluding hydrogens is 287 g/mol. The van der Waals surface area contributed by atoms with E-state index in [2.05, 4.69) is 5.92 Å². The Hall–Kier alpha value is -1.83. The molecule has 0 atom stereocenters. The molecule has 2 rings (SSSR count). The summed E-state index contributed by atoms with van der Waals surface area (Å²) in [6, 6.07) is 3.10. The second-order valence-electron chi connectivity index (χ2n) is 3.79. The highest BCUT2D eigenvalue weighted by atomic mass is 35.5. The number of terminal acetylenes is 1. The molecule has 98 valence electrons. The fraction of sp³-hybridized carbons (Fsp3) is 0.154. The minimum absolute atomic E-state index is 0.0878. The van der Waals surface area contributed by atoms with E-state index >= 15 is 0 Å². The fourth-order valence-corrected chi connectivity index (χ4v) is 2.11. The Morgan fingerprint density at radius 3 is 2.63 bits per heavy atom. The van der Waals surface area contributed by atoms with Gasteiger partial charge in [-0.1, -0.05) is 29.1 Å². The highest BCUT2D eigenvalue weighted by Gasteiger charge is 2.12. The Bertz CT molecular complexity index is 710. The lowest BCUT2D eigenvalue weighted by molar-refractivity contribution is 0.370. The van der Waals surface area contributed by atoms with Crippen LogP contribution in [-0.4, -0.2) is 15.7 Å². The van der Waals surface area contributed by atoms with E-state index in [1.54, 1.807) is 25.5 Å². The summed E-state index contributed by atoms with van der Waals surface area (Å²) in [4.78, 5) is 11.9. The van der Waals surface area contributed by atoms with Crippen molar-refractivity contribution in [3.05, 3.63) is 45.1 Å². The minimum Gasteiger partial charge on any atom is -0.479 e. The van der Waals surface area contributed by atoms with E-state index in [4.69, 9.17) is 34.4 Å². The van der Waals surface area contributed by atoms with Gasteiger partial charge in [0.2, 0.25) is 0 Å². The first kappa shape index (κ1) is 13.6. The summed E-state index contributed by atoms with van der Waals surface area (Å²) in [7, 11) is 1.65. The number of nitrogens with zero attached hydrogens (tertiary/aromatic N) is 2. The molecule has 1 heterocycles. The van der Waals surface area contributed by atoms with E-state index in [1.807, 2.05) is 0 Å². The van der Waals surface area contributed by atoms with Crippen LogP contribution in [0, 0.1) is 12.3 Å². The van der Waals surface area contributed by atoms with Gasteiger partial charge in [-0.3, -0.25) is 4.57 Å². The normalized spacial score (nSPS) is 10.2. The van der Waals surface area contributed by atoms with Crippen molar-refractivity contribution in [1.29, 1.82) is 0 Å². The molecule has 2 aromatic rings. The van der Waals surface area contributed by atoms with Gasteiger partial charge in [0.05, 0.1) is 15.7 Å². The molecule has 0 radical (unpaired) electrons. The van der Waals surface area contributed by atoms with Gasteiger partial charge >= 0.3 is 5.69 Å². The van der Waals surface area contributed by atoms with Gasteiger partial charge in [0, 0.05) is 25.5 Å². The Labute approximate surface area is 120 Å². The number of benzene rings is 1. The average Bonchev–Trinajstić information content (AvgIpc) is 2.69. The largest absolute Gasteiger partial charge is 0.479 e. The Balaban J connectivity index is 2.55. The van der Waals surface area contributed by atoms with Crippen molar-refractivity contribution < 1.29 is 4.74 Å². The molecule has 0 spiro atoms. The molecular formula is C13H10Cl2N2O2. The predicted molar refractivity (Wildman–Crippen MR) is 75.4 cm³/mol. The molecule has 0 aliphatic rings. The Morgan fingerprint density at radius 1 is 1.32 bits per heavy atom. The van der Waals surface area contributed by atoms with Crippen LogP contribution in [0.4, 0.5) is 0 Å². The van der Waals surface area contributed by atoms with Crippen molar-refractivity contribution >= 4 is 23.2 Å². The van der Waals surface area contributed by atoms with Gasteiger partial charge in [0.1, 0.15) is 12.4 Å². The van der Waals surface area contributed by atoms with Gasteiger partial charge < -0.3 is 9.30 Å². The smallest absolute Gasteiger partial charge is 0.332 e. The summed E-state index contributed by atoms with van der Waals surface area (Å²) in [6.45, 7) is 0.0878. The van der Waals surface area contributed by atoms with Gasteiger partial charge in [-0.05, 0) is 6.07 Å². The summed E-state index contributed by atoms with van der Waals surface area (Å²) in [5.41, 5.74) is 0.274. The molecule has 1 aromatic heterocycles. The molecule has 4 nitrogen and oxygen atoms in total. The van der Waals surface area contributed by atoms with Crippen molar-refractivity contribution in [1.82, 2.24) is 9.13 Å². The fourth-order valence-electron chi connectivity index (χ4n) is 1.58. The third kappa shape index (κ3) is 2.62. The number of aromatic nitrogens is 2. The van der Waals surface area contributed by atoms with Crippen LogP contribution in [-0.2, 0) is 7.05 Å². The highest BCUT2D eigenvalue weighted by Crippen LogP contribution is 2.32. The SMILES string of the molecule is C#CCOc1cc(-n2ccn(C)c2=O)c(Cl)cc1Cl. The summed E-state index contributed by atoms with van der Waals surface area (Å²) in [5, 5.41) is 0.694. The zero-order valence-corrected chi connectivity index (χ0v) is 11.6. The van der Waals surface area contributed by atoms with Crippen molar-refractivity contribution in [2.24, 2.45) is 7.05 Å². The van der Waals surface area contributed by atoms with Crippen molar-refractivity contribution in [2.45, 2.75) is 0 Å². The van der Waals surface area contributed by atoms with E-state index in [-0.39, 0.29) is 12.3 Å². The molecule has 0 saturated carbocycles. The standard InChI is InChI=1S/C13H10Cl2N2O2/c1-3-6-19-12-8-11(9(14)7-10(12)15)17-5-4-16(2)13(17)18/h1,4-5,7-8H,6H2,2H3. The van der Waals surface area contributed by atoms with Gasteiger partial charge in [-0.2, -0.15) is 0 Å². The van der Waals surface area contributed by atoms with Crippen LogP contribution in [0.1, 0.15) is 0 Å². The maximum atomic E-state index is 11.9. The first-order valence-corrected chi connectivity index (χ1v) is 6.10. The maximum absolute atomic E-state index is 11.9. The van der Waals surface area contributed by atoms with Gasteiger partial charge in [-0.15, -0.1) is 6.42 Å². The molecule has 0 N–H and O–H groups in total. The number of rotatable bonds is 3. The van der Waals surface area contributed by atoms with E-state index in [0.29, 0.717) is 21.5 Å². The van der Waals surface area contributed by atoms with Crippen LogP contribution >= 0.6 is 23.2 Å². The molecule has 19 heavy (non-hydrogen) atoms. The quantitative estimate of drug-likeness (QED) is 0.816. The first-order chi connectivity index (χ1) is 9.04. The van der Waals surface area contributed by atoms with Crippen LogP contribution in [0.2, 0.25) is 10.0 Å². The van der Waals surface area contributed by atoms with E-state index in [9.17, 15) is 4.79 Å².